The van der Waals surface area contributed by atoms with Crippen molar-refractivity contribution in [1.29, 1.82) is 0 Å². The number of ether oxygens (including phenoxy) is 6. The number of rotatable bonds is 18. The van der Waals surface area contributed by atoms with E-state index in [0.717, 1.165) is 58.4 Å². The van der Waals surface area contributed by atoms with Crippen LogP contribution in [0.5, 0.6) is 23.3 Å². The summed E-state index contributed by atoms with van der Waals surface area (Å²) in [7, 11) is -4.54. The number of benzene rings is 4. The van der Waals surface area contributed by atoms with E-state index >= 15 is 9.59 Å². The minimum absolute atomic E-state index is 0.0375. The zero-order valence-corrected chi connectivity index (χ0v) is 71.5. The van der Waals surface area contributed by atoms with Gasteiger partial charge in [0.1, 0.15) is 34.9 Å². The molecule has 14 rings (SSSR count). The lowest BCUT2D eigenvalue weighted by atomic mass is 9.82. The van der Waals surface area contributed by atoms with Gasteiger partial charge in [-0.15, -0.1) is 0 Å². The Morgan fingerprint density at radius 1 is 0.500 bits per heavy atom. The number of amides is 4. The highest BCUT2D eigenvalue weighted by molar-refractivity contribution is 7.91. The van der Waals surface area contributed by atoms with E-state index in [0.29, 0.717) is 86.0 Å². The van der Waals surface area contributed by atoms with E-state index in [2.05, 4.69) is 23.3 Å². The van der Waals surface area contributed by atoms with E-state index < -0.39 is 112 Å². The van der Waals surface area contributed by atoms with Crippen LogP contribution in [0.1, 0.15) is 185 Å². The number of Topliss-reactive ketones (excluding diaryl/α,β-unsaturated/α-hetero) is 2. The Balaban J connectivity index is 0.000000205. The molecule has 2 saturated heterocycles. The number of methoxy groups -OCH3 is 2. The van der Waals surface area contributed by atoms with Crippen LogP contribution >= 0.6 is 0 Å². The van der Waals surface area contributed by atoms with Crippen LogP contribution in [0, 0.1) is 58.2 Å². The van der Waals surface area contributed by atoms with Crippen LogP contribution in [0.4, 0.5) is 0 Å². The number of hydrogen-bond acceptors (Lipinski definition) is 20. The van der Waals surface area contributed by atoms with Crippen molar-refractivity contribution in [1.82, 2.24) is 29.2 Å². The Morgan fingerprint density at radius 3 is 1.22 bits per heavy atom. The van der Waals surface area contributed by atoms with Gasteiger partial charge in [0, 0.05) is 47.6 Å². The first-order chi connectivity index (χ1) is 55.9. The van der Waals surface area contributed by atoms with Crippen molar-refractivity contribution in [2.45, 2.75) is 231 Å². The third-order valence-electron chi connectivity index (χ3n) is 24.6. The van der Waals surface area contributed by atoms with Crippen molar-refractivity contribution in [3.63, 3.8) is 0 Å². The highest BCUT2D eigenvalue weighted by Crippen LogP contribution is 2.59. The Bertz CT molecular complexity index is 4780. The number of sulfonamides is 2. The predicted molar refractivity (Wildman–Crippen MR) is 448 cm³/mol. The fraction of sp³-hybridized carbons (Fsp3) is 0.543. The molecule has 4 aliphatic carbocycles. The number of allylic oxidation sites excluding steroid dienone is 4. The quantitative estimate of drug-likeness (QED) is 0.0596. The van der Waals surface area contributed by atoms with Crippen LogP contribution in [0.15, 0.2) is 133 Å². The summed E-state index contributed by atoms with van der Waals surface area (Å²) in [6.45, 7) is 19.0. The first kappa shape index (κ1) is 86.3. The molecule has 6 fully saturated rings. The Morgan fingerprint density at radius 2 is 0.873 bits per heavy atom. The Kier molecular flexibility index (Phi) is 25.6. The van der Waals surface area contributed by atoms with Crippen molar-refractivity contribution in [2.75, 3.05) is 27.3 Å². The van der Waals surface area contributed by atoms with Crippen molar-refractivity contribution in [3.8, 4) is 45.8 Å². The fourth-order valence-corrected chi connectivity index (χ4v) is 20.5. The molecule has 0 radical (unpaired) electrons. The van der Waals surface area contributed by atoms with E-state index in [1.807, 2.05) is 147 Å². The van der Waals surface area contributed by atoms with Gasteiger partial charge in [0.15, 0.2) is 11.6 Å². The first-order valence-corrected chi connectivity index (χ1v) is 45.0. The third kappa shape index (κ3) is 20.5. The number of aromatic nitrogens is 2. The zero-order chi connectivity index (χ0) is 84.6. The molecule has 0 bridgehead atoms. The summed E-state index contributed by atoms with van der Waals surface area (Å²) in [5.41, 5.74) is -0.958. The van der Waals surface area contributed by atoms with E-state index in [4.69, 9.17) is 38.4 Å². The number of carbonyl (C=O) groups excluding carboxylic acids is 8. The molecule has 6 aromatic rings. The number of pyridine rings is 2. The summed E-state index contributed by atoms with van der Waals surface area (Å²) in [6, 6.07) is 32.5. The van der Waals surface area contributed by atoms with Gasteiger partial charge in [-0.05, 0) is 213 Å². The second-order valence-electron chi connectivity index (χ2n) is 36.5. The highest BCUT2D eigenvalue weighted by Gasteiger charge is 2.64. The molecule has 24 nitrogen and oxygen atoms in total. The monoisotopic (exact) mass is 1650 g/mol. The molecular weight excluding hydrogens is 1540 g/mol. The van der Waals surface area contributed by atoms with Gasteiger partial charge in [-0.25, -0.2) is 26.8 Å². The van der Waals surface area contributed by atoms with E-state index in [1.54, 1.807) is 55.8 Å². The Labute approximate surface area is 693 Å². The Hall–Kier alpha value is -9.56. The van der Waals surface area contributed by atoms with Crippen LogP contribution in [-0.4, -0.2) is 157 Å². The van der Waals surface area contributed by atoms with E-state index in [9.17, 15) is 45.6 Å². The molecule has 2 aromatic heterocycles. The molecule has 2 unspecified atom stereocenters. The molecule has 4 aliphatic heterocycles. The summed E-state index contributed by atoms with van der Waals surface area (Å²) < 4.78 is 92.6. The van der Waals surface area contributed by atoms with Gasteiger partial charge in [-0.2, -0.15) is 0 Å². The zero-order valence-electron chi connectivity index (χ0n) is 69.9. The maximum atomic E-state index is 15.0. The van der Waals surface area contributed by atoms with Gasteiger partial charge in [0.25, 0.3) is 0 Å². The molecule has 4 amide bonds. The predicted octanol–water partition coefficient (Wildman–Crippen LogP) is 14.4. The maximum absolute atomic E-state index is 15.0. The largest absolute Gasteiger partial charge is 0.497 e. The summed E-state index contributed by atoms with van der Waals surface area (Å²) in [5, 5.41) is 1.89. The topological polar surface area (TPSA) is 317 Å². The average molecular weight is 1660 g/mol. The maximum Gasteiger partial charge on any atom is 0.307 e. The minimum atomic E-state index is -3.87. The molecule has 2 N–H and O–H groups in total. The first-order valence-electron chi connectivity index (χ1n) is 41.9. The lowest BCUT2D eigenvalue weighted by Gasteiger charge is -2.32. The minimum Gasteiger partial charge on any atom is -0.497 e. The third-order valence-corrected chi connectivity index (χ3v) is 28.3. The second kappa shape index (κ2) is 35.0. The molecule has 4 aromatic carbocycles. The smallest absolute Gasteiger partial charge is 0.307 e. The molecule has 14 atom stereocenters. The van der Waals surface area contributed by atoms with Crippen LogP contribution < -0.4 is 28.4 Å². The standard InChI is InChI=1S/2C46H57N3O9S/c2*1-28-12-10-11-15-32-25-46(32,44(53)48-59(54,55)35-17-18-35)26-40(50)39-23-34(27-49(39)43(52)37(29(2)20-28)24-41(51)58-45(3,4)5)57-42-36-19-16-33(56-6)21-31(36)22-38(47-42)30-13-8-7-9-14-30/h2*7-9,11,13-16,19,21-22,28-29,32,34-35,37,39H,10,12,17-18,20,23-27H2,1-6H3,(H,48,53)/b2*15-11-/t28-,29+,32+,34+,37-,39?,46+;28-,29-,32-,34-,37+,39?,46-/m01/s1. The molecule has 6 heterocycles. The number of fused-ring (bicyclic) bond motifs is 6. The molecular formula is C92H114N6O18S2. The lowest BCUT2D eigenvalue weighted by molar-refractivity contribution is -0.160. The van der Waals surface area contributed by atoms with Gasteiger partial charge in [0.2, 0.25) is 55.4 Å². The molecule has 4 saturated carbocycles. The van der Waals surface area contributed by atoms with Gasteiger partial charge in [-0.1, -0.05) is 113 Å². The number of nitrogens with one attached hydrogen (secondary N) is 2. The second-order valence-corrected chi connectivity index (χ2v) is 40.4. The number of hydrogen-bond donors (Lipinski definition) is 2. The highest BCUT2D eigenvalue weighted by atomic mass is 32.2. The molecule has 632 valence electrons. The average Bonchev–Trinajstić information content (AvgIpc) is 1.57. The van der Waals surface area contributed by atoms with Crippen molar-refractivity contribution in [3.05, 3.63) is 133 Å². The van der Waals surface area contributed by atoms with E-state index in [1.165, 1.54) is 9.80 Å². The lowest BCUT2D eigenvalue weighted by Crippen LogP contribution is -2.47. The number of ketones is 2. The molecule has 26 heteroatoms. The van der Waals surface area contributed by atoms with Crippen LogP contribution in [0.3, 0.4) is 0 Å². The van der Waals surface area contributed by atoms with Gasteiger partial charge in [-0.3, -0.25) is 47.8 Å². The summed E-state index contributed by atoms with van der Waals surface area (Å²) in [6.07, 6.45) is 13.0. The van der Waals surface area contributed by atoms with Crippen molar-refractivity contribution >= 4 is 88.7 Å². The summed E-state index contributed by atoms with van der Waals surface area (Å²) >= 11 is 0. The SMILES string of the molecule is COc1ccc2c(O[C@@H]3CC4C(=O)C[C@]5(C(=O)NS(=O)(=O)C6CC6)C[C@H]5/C=C\CC[C@@H](C)C[C@@H](C)[C@H](CC(=O)OC(C)(C)C)C(=O)N4C3)nc(-c3ccccc3)cc2c1.COc1ccc2c(O[C@@H]3CC4C(=O)C[C@]5(C(=O)NS(=O)(=O)C6CC6)C[C@H]5/C=C\CC[C@H](C)C[C@@H](C)[C@H](CC(=O)OC(C)(C)C)C(=O)N4C3)nc(-c3ccccc3)cc2c1. The normalized spacial score (nSPS) is 28.4. The number of nitrogens with zero attached hydrogens (tertiary/aromatic N) is 4. The van der Waals surface area contributed by atoms with Crippen molar-refractivity contribution < 1.29 is 83.6 Å². The fourth-order valence-electron chi connectivity index (χ4n) is 17.8. The van der Waals surface area contributed by atoms with Crippen LogP contribution in [0.2, 0.25) is 0 Å². The van der Waals surface area contributed by atoms with E-state index in [-0.39, 0.29) is 111 Å². The van der Waals surface area contributed by atoms with Gasteiger partial charge >= 0.3 is 11.9 Å². The molecule has 8 aliphatic rings. The van der Waals surface area contributed by atoms with Crippen LogP contribution in [0.25, 0.3) is 44.1 Å². The molecule has 0 spiro atoms. The van der Waals surface area contributed by atoms with Crippen LogP contribution in [-0.2, 0) is 67.9 Å². The number of carbonyl (C=O) groups is 8. The van der Waals surface area contributed by atoms with Gasteiger partial charge < -0.3 is 38.2 Å². The van der Waals surface area contributed by atoms with Gasteiger partial charge in [0.05, 0.1) is 96.8 Å². The molecule has 118 heavy (non-hydrogen) atoms. The van der Waals surface area contributed by atoms with Crippen molar-refractivity contribution in [2.24, 2.45) is 58.2 Å². The summed E-state index contributed by atoms with van der Waals surface area (Å²) in [4.78, 5) is 127. The summed E-state index contributed by atoms with van der Waals surface area (Å²) in [5.74, 6) is -4.05. The number of esters is 2.